The second kappa shape index (κ2) is 7.68. The number of hydrogen-bond donors (Lipinski definition) is 0. The number of allylic oxidation sites excluding steroid dienone is 4. The quantitative estimate of drug-likeness (QED) is 0.439. The van der Waals surface area contributed by atoms with Gasteiger partial charge in [-0.3, -0.25) is 0 Å². The van der Waals surface area contributed by atoms with E-state index in [-0.39, 0.29) is 0 Å². The fourth-order valence-corrected chi connectivity index (χ4v) is 1.10. The molecule has 13 heavy (non-hydrogen) atoms. The van der Waals surface area contributed by atoms with Crippen LogP contribution in [0.5, 0.6) is 0 Å². The lowest BCUT2D eigenvalue weighted by Gasteiger charge is -2.02. The first-order valence-corrected chi connectivity index (χ1v) is 4.90. The minimum Gasteiger partial charge on any atom is -0.120 e. The molecule has 0 aromatic rings. The van der Waals surface area contributed by atoms with Crippen molar-refractivity contribution in [2.75, 3.05) is 0 Å². The molecule has 0 saturated carbocycles. The standard InChI is InChI=1S/C13H20/c1-5-6-7-10-13(4)11-8-9-12(2)3/h1,7,9-10,13H,6,8,11H2,2-4H3/b10-7+. The van der Waals surface area contributed by atoms with Crippen molar-refractivity contribution in [3.05, 3.63) is 23.8 Å². The second-order valence-electron chi connectivity index (χ2n) is 3.67. The molecule has 72 valence electrons. The first kappa shape index (κ1) is 12.0. The fourth-order valence-electron chi connectivity index (χ4n) is 1.10. The molecule has 0 rings (SSSR count). The van der Waals surface area contributed by atoms with Gasteiger partial charge in [-0.2, -0.15) is 0 Å². The van der Waals surface area contributed by atoms with Gasteiger partial charge < -0.3 is 0 Å². The van der Waals surface area contributed by atoms with E-state index in [0.29, 0.717) is 5.92 Å². The van der Waals surface area contributed by atoms with Gasteiger partial charge in [-0.05, 0) is 32.6 Å². The molecule has 0 amide bonds. The molecule has 0 aliphatic rings. The maximum atomic E-state index is 5.14. The maximum Gasteiger partial charge on any atom is 0.0267 e. The number of rotatable bonds is 5. The smallest absolute Gasteiger partial charge is 0.0267 e. The zero-order valence-corrected chi connectivity index (χ0v) is 9.01. The van der Waals surface area contributed by atoms with Crippen LogP contribution in [0.15, 0.2) is 23.8 Å². The van der Waals surface area contributed by atoms with Gasteiger partial charge in [0.15, 0.2) is 0 Å². The van der Waals surface area contributed by atoms with Crippen LogP contribution >= 0.6 is 0 Å². The Bertz CT molecular complexity index is 209. The summed E-state index contributed by atoms with van der Waals surface area (Å²) in [6, 6.07) is 0. The van der Waals surface area contributed by atoms with Crippen LogP contribution in [0.25, 0.3) is 0 Å². The molecule has 1 unspecified atom stereocenters. The first-order chi connectivity index (χ1) is 6.16. The van der Waals surface area contributed by atoms with Crippen LogP contribution in [0.1, 0.15) is 40.0 Å². The fraction of sp³-hybridized carbons (Fsp3) is 0.538. The van der Waals surface area contributed by atoms with Gasteiger partial charge in [0, 0.05) is 6.42 Å². The summed E-state index contributed by atoms with van der Waals surface area (Å²) in [5.41, 5.74) is 1.40. The molecule has 0 saturated heterocycles. The molecule has 0 N–H and O–H groups in total. The predicted molar refractivity (Wildman–Crippen MR) is 60.4 cm³/mol. The highest BCUT2D eigenvalue weighted by Gasteiger charge is 1.93. The summed E-state index contributed by atoms with van der Waals surface area (Å²) >= 11 is 0. The Morgan fingerprint density at radius 2 is 2.15 bits per heavy atom. The van der Waals surface area contributed by atoms with Crippen molar-refractivity contribution in [1.29, 1.82) is 0 Å². The first-order valence-electron chi connectivity index (χ1n) is 4.90. The van der Waals surface area contributed by atoms with Gasteiger partial charge >= 0.3 is 0 Å². The van der Waals surface area contributed by atoms with E-state index in [4.69, 9.17) is 6.42 Å². The van der Waals surface area contributed by atoms with Crippen LogP contribution in [0.4, 0.5) is 0 Å². The van der Waals surface area contributed by atoms with Crippen molar-refractivity contribution in [3.8, 4) is 12.3 Å². The van der Waals surface area contributed by atoms with E-state index in [0.717, 1.165) is 6.42 Å². The van der Waals surface area contributed by atoms with Crippen LogP contribution in [-0.2, 0) is 0 Å². The highest BCUT2D eigenvalue weighted by atomic mass is 14.0. The highest BCUT2D eigenvalue weighted by Crippen LogP contribution is 2.09. The zero-order valence-electron chi connectivity index (χ0n) is 9.01. The third kappa shape index (κ3) is 8.95. The van der Waals surface area contributed by atoms with E-state index >= 15 is 0 Å². The molecule has 0 fully saturated rings. The molecule has 0 bridgehead atoms. The monoisotopic (exact) mass is 176 g/mol. The summed E-state index contributed by atoms with van der Waals surface area (Å²) in [7, 11) is 0. The lowest BCUT2D eigenvalue weighted by atomic mass is 10.0. The Balaban J connectivity index is 3.58. The van der Waals surface area contributed by atoms with Crippen LogP contribution in [0.2, 0.25) is 0 Å². The van der Waals surface area contributed by atoms with Crippen molar-refractivity contribution in [2.24, 2.45) is 5.92 Å². The highest BCUT2D eigenvalue weighted by molar-refractivity contribution is 4.99. The maximum absolute atomic E-state index is 5.14. The molecule has 0 spiro atoms. The van der Waals surface area contributed by atoms with Crippen LogP contribution in [-0.4, -0.2) is 0 Å². The summed E-state index contributed by atoms with van der Waals surface area (Å²) in [4.78, 5) is 0. The molecule has 0 heterocycles. The van der Waals surface area contributed by atoms with E-state index < -0.39 is 0 Å². The van der Waals surface area contributed by atoms with E-state index in [9.17, 15) is 0 Å². The van der Waals surface area contributed by atoms with Crippen LogP contribution < -0.4 is 0 Å². The van der Waals surface area contributed by atoms with E-state index in [1.165, 1.54) is 18.4 Å². The Morgan fingerprint density at radius 1 is 1.46 bits per heavy atom. The third-order valence-corrected chi connectivity index (χ3v) is 1.87. The zero-order chi connectivity index (χ0) is 10.1. The van der Waals surface area contributed by atoms with Gasteiger partial charge in [0.05, 0.1) is 0 Å². The van der Waals surface area contributed by atoms with Gasteiger partial charge in [0.25, 0.3) is 0 Å². The average molecular weight is 176 g/mol. The molecular formula is C13H20. The summed E-state index contributed by atoms with van der Waals surface area (Å²) < 4.78 is 0. The van der Waals surface area contributed by atoms with Crippen molar-refractivity contribution in [1.82, 2.24) is 0 Å². The normalized spacial score (nSPS) is 12.5. The van der Waals surface area contributed by atoms with Gasteiger partial charge in [0.2, 0.25) is 0 Å². The SMILES string of the molecule is C#CC/C=C/C(C)CCC=C(C)C. The minimum atomic E-state index is 0.643. The average Bonchev–Trinajstić information content (AvgIpc) is 2.04. The summed E-state index contributed by atoms with van der Waals surface area (Å²) in [5.74, 6) is 3.24. The third-order valence-electron chi connectivity index (χ3n) is 1.87. The molecular weight excluding hydrogens is 156 g/mol. The van der Waals surface area contributed by atoms with E-state index in [2.05, 4.69) is 44.9 Å². The largest absolute Gasteiger partial charge is 0.120 e. The molecule has 0 heteroatoms. The Labute approximate surface area is 82.7 Å². The Morgan fingerprint density at radius 3 is 2.69 bits per heavy atom. The lowest BCUT2D eigenvalue weighted by molar-refractivity contribution is 0.655. The summed E-state index contributed by atoms with van der Waals surface area (Å²) in [5, 5.41) is 0. The van der Waals surface area contributed by atoms with Crippen molar-refractivity contribution >= 4 is 0 Å². The lowest BCUT2D eigenvalue weighted by Crippen LogP contribution is -1.87. The van der Waals surface area contributed by atoms with Gasteiger partial charge in [-0.1, -0.05) is 30.7 Å². The van der Waals surface area contributed by atoms with E-state index in [1.807, 2.05) is 0 Å². The van der Waals surface area contributed by atoms with Crippen molar-refractivity contribution in [3.63, 3.8) is 0 Å². The Hall–Kier alpha value is -0.960. The minimum absolute atomic E-state index is 0.643. The molecule has 0 aliphatic carbocycles. The van der Waals surface area contributed by atoms with Crippen molar-refractivity contribution in [2.45, 2.75) is 40.0 Å². The number of hydrogen-bond acceptors (Lipinski definition) is 0. The number of terminal acetylenes is 1. The van der Waals surface area contributed by atoms with E-state index in [1.54, 1.807) is 0 Å². The topological polar surface area (TPSA) is 0 Å². The summed E-state index contributed by atoms with van der Waals surface area (Å²) in [6.45, 7) is 6.50. The summed E-state index contributed by atoms with van der Waals surface area (Å²) in [6.07, 6.45) is 14.9. The van der Waals surface area contributed by atoms with Gasteiger partial charge in [-0.25, -0.2) is 0 Å². The van der Waals surface area contributed by atoms with Crippen molar-refractivity contribution < 1.29 is 0 Å². The molecule has 0 radical (unpaired) electrons. The predicted octanol–water partition coefficient (Wildman–Crippen LogP) is 3.95. The molecule has 0 aromatic carbocycles. The van der Waals surface area contributed by atoms with Crippen LogP contribution in [0.3, 0.4) is 0 Å². The molecule has 0 nitrogen and oxygen atoms in total. The van der Waals surface area contributed by atoms with Gasteiger partial charge in [0.1, 0.15) is 0 Å². The molecule has 1 atom stereocenters. The Kier molecular flexibility index (Phi) is 7.11. The van der Waals surface area contributed by atoms with Crippen LogP contribution in [0, 0.1) is 18.3 Å². The van der Waals surface area contributed by atoms with Gasteiger partial charge in [-0.15, -0.1) is 12.3 Å². The second-order valence-corrected chi connectivity index (χ2v) is 3.67. The molecule has 0 aromatic heterocycles. The molecule has 0 aliphatic heterocycles.